The smallest absolute Gasteiger partial charge is 0.274 e. The van der Waals surface area contributed by atoms with Crippen LogP contribution >= 0.6 is 0 Å². The molecular formula is C22H25N3O4. The van der Waals surface area contributed by atoms with Gasteiger partial charge in [-0.1, -0.05) is 31.2 Å². The predicted molar refractivity (Wildman–Crippen MR) is 108 cm³/mol. The molecule has 0 bridgehead atoms. The second kappa shape index (κ2) is 8.31. The van der Waals surface area contributed by atoms with E-state index in [2.05, 4.69) is 10.3 Å². The van der Waals surface area contributed by atoms with Crippen molar-refractivity contribution in [3.63, 3.8) is 0 Å². The molecule has 7 nitrogen and oxygen atoms in total. The van der Waals surface area contributed by atoms with Crippen LogP contribution in [0.25, 0.3) is 0 Å². The monoisotopic (exact) mass is 395 g/mol. The first-order valence-electron chi connectivity index (χ1n) is 10.0. The minimum Gasteiger partial charge on any atom is -0.347 e. The van der Waals surface area contributed by atoms with Gasteiger partial charge in [0.2, 0.25) is 0 Å². The average molecular weight is 395 g/mol. The summed E-state index contributed by atoms with van der Waals surface area (Å²) >= 11 is 0. The largest absolute Gasteiger partial charge is 0.347 e. The van der Waals surface area contributed by atoms with Gasteiger partial charge in [-0.15, -0.1) is 0 Å². The van der Waals surface area contributed by atoms with Gasteiger partial charge in [0.05, 0.1) is 13.2 Å². The molecule has 2 aliphatic heterocycles. The first kappa shape index (κ1) is 19.5. The first-order chi connectivity index (χ1) is 14.1. The zero-order valence-electron chi connectivity index (χ0n) is 16.5. The maximum absolute atomic E-state index is 12.9. The van der Waals surface area contributed by atoms with Gasteiger partial charge >= 0.3 is 0 Å². The molecule has 2 saturated heterocycles. The van der Waals surface area contributed by atoms with E-state index < -0.39 is 5.79 Å². The molecule has 1 aromatic carbocycles. The van der Waals surface area contributed by atoms with Crippen LogP contribution in [0.1, 0.15) is 46.3 Å². The van der Waals surface area contributed by atoms with Crippen molar-refractivity contribution in [3.05, 3.63) is 59.4 Å². The zero-order chi connectivity index (χ0) is 20.3. The van der Waals surface area contributed by atoms with Crippen molar-refractivity contribution in [3.8, 4) is 0 Å². The van der Waals surface area contributed by atoms with E-state index in [0.717, 1.165) is 17.7 Å². The SMILES string of the molecule is CCc1ccccc1NC(=O)c1cccc(C(=O)N2CCC3(CC2)OCCO3)n1. The average Bonchev–Trinajstić information content (AvgIpc) is 3.22. The van der Waals surface area contributed by atoms with Crippen molar-refractivity contribution in [2.24, 2.45) is 0 Å². The summed E-state index contributed by atoms with van der Waals surface area (Å²) in [5.41, 5.74) is 2.30. The molecule has 1 N–H and O–H groups in total. The van der Waals surface area contributed by atoms with Gasteiger partial charge in [0.25, 0.3) is 11.8 Å². The Morgan fingerprint density at radius 3 is 2.45 bits per heavy atom. The van der Waals surface area contributed by atoms with Crippen LogP contribution in [0, 0.1) is 0 Å². The molecule has 1 aromatic heterocycles. The minimum absolute atomic E-state index is 0.179. The number of hydrogen-bond acceptors (Lipinski definition) is 5. The molecule has 2 aromatic rings. The van der Waals surface area contributed by atoms with Crippen LogP contribution in [0.15, 0.2) is 42.5 Å². The second-order valence-corrected chi connectivity index (χ2v) is 7.27. The molecule has 0 saturated carbocycles. The van der Waals surface area contributed by atoms with Crippen LogP contribution in [-0.4, -0.2) is 53.8 Å². The van der Waals surface area contributed by atoms with Crippen molar-refractivity contribution in [1.29, 1.82) is 0 Å². The van der Waals surface area contributed by atoms with Gasteiger partial charge in [0.1, 0.15) is 11.4 Å². The molecule has 1 spiro atoms. The number of aromatic nitrogens is 1. The van der Waals surface area contributed by atoms with E-state index in [4.69, 9.17) is 9.47 Å². The molecule has 0 radical (unpaired) electrons. The number of hydrogen-bond donors (Lipinski definition) is 1. The van der Waals surface area contributed by atoms with Gasteiger partial charge in [-0.05, 0) is 30.2 Å². The summed E-state index contributed by atoms with van der Waals surface area (Å²) in [5, 5.41) is 2.90. The van der Waals surface area contributed by atoms with Gasteiger partial charge < -0.3 is 19.7 Å². The second-order valence-electron chi connectivity index (χ2n) is 7.27. The van der Waals surface area contributed by atoms with E-state index in [1.54, 1.807) is 23.1 Å². The van der Waals surface area contributed by atoms with Crippen molar-refractivity contribution in [2.45, 2.75) is 32.0 Å². The van der Waals surface area contributed by atoms with E-state index >= 15 is 0 Å². The Morgan fingerprint density at radius 1 is 1.03 bits per heavy atom. The van der Waals surface area contributed by atoms with Crippen LogP contribution in [0.5, 0.6) is 0 Å². The lowest BCUT2D eigenvalue weighted by Gasteiger charge is -2.37. The molecule has 0 unspecified atom stereocenters. The number of benzene rings is 1. The summed E-state index contributed by atoms with van der Waals surface area (Å²) in [6.07, 6.45) is 2.10. The van der Waals surface area contributed by atoms with Crippen LogP contribution in [0.3, 0.4) is 0 Å². The predicted octanol–water partition coefficient (Wildman–Crippen LogP) is 2.88. The molecule has 4 rings (SSSR count). The van der Waals surface area contributed by atoms with Gasteiger partial charge in [-0.3, -0.25) is 9.59 Å². The maximum atomic E-state index is 12.9. The Kier molecular flexibility index (Phi) is 5.60. The lowest BCUT2D eigenvalue weighted by Crippen LogP contribution is -2.47. The number of ether oxygens (including phenoxy) is 2. The Hall–Kier alpha value is -2.77. The van der Waals surface area contributed by atoms with Crippen LogP contribution in [-0.2, 0) is 15.9 Å². The Morgan fingerprint density at radius 2 is 1.72 bits per heavy atom. The molecule has 0 aliphatic carbocycles. The summed E-state index contributed by atoms with van der Waals surface area (Å²) in [6, 6.07) is 12.6. The van der Waals surface area contributed by atoms with Crippen LogP contribution < -0.4 is 5.32 Å². The topological polar surface area (TPSA) is 80.8 Å². The summed E-state index contributed by atoms with van der Waals surface area (Å²) in [4.78, 5) is 31.6. The standard InChI is InChI=1S/C22H25N3O4/c1-2-16-6-3-4-7-17(16)24-20(26)18-8-5-9-19(23-18)21(27)25-12-10-22(11-13-25)28-14-15-29-22/h3-9H,2,10-15H2,1H3,(H,24,26). The third-order valence-electron chi connectivity index (χ3n) is 5.47. The number of anilines is 1. The summed E-state index contributed by atoms with van der Waals surface area (Å²) in [7, 11) is 0. The third-order valence-corrected chi connectivity index (χ3v) is 5.47. The molecule has 2 aliphatic rings. The summed E-state index contributed by atoms with van der Waals surface area (Å²) < 4.78 is 11.4. The number of para-hydroxylation sites is 1. The quantitative estimate of drug-likeness (QED) is 0.861. The number of rotatable bonds is 4. The zero-order valence-corrected chi connectivity index (χ0v) is 16.5. The van der Waals surface area contributed by atoms with Gasteiger partial charge in [-0.2, -0.15) is 0 Å². The normalized spacial score (nSPS) is 18.0. The Bertz CT molecular complexity index is 898. The van der Waals surface area contributed by atoms with Gasteiger partial charge in [-0.25, -0.2) is 4.98 Å². The van der Waals surface area contributed by atoms with Crippen LogP contribution in [0.4, 0.5) is 5.69 Å². The van der Waals surface area contributed by atoms with E-state index in [1.807, 2.05) is 31.2 Å². The fraction of sp³-hybridized carbons (Fsp3) is 0.409. The molecule has 7 heteroatoms. The molecular weight excluding hydrogens is 370 g/mol. The minimum atomic E-state index is -0.529. The van der Waals surface area contributed by atoms with Gasteiger partial charge in [0.15, 0.2) is 5.79 Å². The molecule has 2 fully saturated rings. The van der Waals surface area contributed by atoms with Gasteiger partial charge in [0, 0.05) is 31.6 Å². The highest BCUT2D eigenvalue weighted by molar-refractivity contribution is 6.04. The number of nitrogens with one attached hydrogen (secondary N) is 1. The highest BCUT2D eigenvalue weighted by atomic mass is 16.7. The molecule has 0 atom stereocenters. The van der Waals surface area contributed by atoms with Crippen molar-refractivity contribution in [2.75, 3.05) is 31.6 Å². The maximum Gasteiger partial charge on any atom is 0.274 e. The van der Waals surface area contributed by atoms with Crippen LogP contribution in [0.2, 0.25) is 0 Å². The number of nitrogens with zero attached hydrogens (tertiary/aromatic N) is 2. The highest BCUT2D eigenvalue weighted by Crippen LogP contribution is 2.31. The van der Waals surface area contributed by atoms with Crippen molar-refractivity contribution < 1.29 is 19.1 Å². The highest BCUT2D eigenvalue weighted by Gasteiger charge is 2.41. The molecule has 29 heavy (non-hydrogen) atoms. The van der Waals surface area contributed by atoms with E-state index in [1.165, 1.54) is 0 Å². The van der Waals surface area contributed by atoms with Crippen molar-refractivity contribution in [1.82, 2.24) is 9.88 Å². The lowest BCUT2D eigenvalue weighted by molar-refractivity contribution is -0.181. The van der Waals surface area contributed by atoms with E-state index in [0.29, 0.717) is 39.1 Å². The Balaban J connectivity index is 1.44. The Labute approximate surface area is 170 Å². The summed E-state index contributed by atoms with van der Waals surface area (Å²) in [6.45, 7) is 4.33. The van der Waals surface area contributed by atoms with E-state index in [-0.39, 0.29) is 23.2 Å². The molecule has 152 valence electrons. The number of pyridine rings is 1. The number of amides is 2. The number of carbonyl (C=O) groups is 2. The van der Waals surface area contributed by atoms with E-state index in [9.17, 15) is 9.59 Å². The number of likely N-dealkylation sites (tertiary alicyclic amines) is 1. The number of aryl methyl sites for hydroxylation is 1. The lowest BCUT2D eigenvalue weighted by atomic mass is 10.0. The first-order valence-corrected chi connectivity index (χ1v) is 10.0. The van der Waals surface area contributed by atoms with Crippen molar-refractivity contribution >= 4 is 17.5 Å². The fourth-order valence-electron chi connectivity index (χ4n) is 3.82. The third kappa shape index (κ3) is 4.16. The molecule has 2 amide bonds. The summed E-state index contributed by atoms with van der Waals surface area (Å²) in [5.74, 6) is -1.04. The number of piperidine rings is 1. The number of carbonyl (C=O) groups excluding carboxylic acids is 2. The fourth-order valence-corrected chi connectivity index (χ4v) is 3.82. The molecule has 3 heterocycles.